The van der Waals surface area contributed by atoms with Crippen LogP contribution in [-0.2, 0) is 9.53 Å². The van der Waals surface area contributed by atoms with E-state index in [4.69, 9.17) is 4.74 Å². The van der Waals surface area contributed by atoms with Crippen molar-refractivity contribution in [2.75, 3.05) is 19.6 Å². The normalized spacial score (nSPS) is 19.8. The van der Waals surface area contributed by atoms with Crippen molar-refractivity contribution in [3.63, 3.8) is 0 Å². The zero-order valence-electron chi connectivity index (χ0n) is 22.3. The minimum Gasteiger partial charge on any atom is -0.444 e. The Balaban J connectivity index is 0.00000336. The predicted octanol–water partition coefficient (Wildman–Crippen LogP) is 5.17. The van der Waals surface area contributed by atoms with Crippen LogP contribution < -0.4 is 15.9 Å². The first-order chi connectivity index (χ1) is 17.8. The number of carbonyl (C=O) groups is 2. The third-order valence-corrected chi connectivity index (χ3v) is 12.2. The van der Waals surface area contributed by atoms with Gasteiger partial charge in [0.1, 0.15) is 28.8 Å². The molecule has 0 spiro atoms. The average molecular weight is 597 g/mol. The lowest BCUT2D eigenvalue weighted by atomic mass is 10.2. The molecule has 0 N–H and O–H groups in total. The van der Waals surface area contributed by atoms with Crippen LogP contribution in [0, 0.1) is 0 Å². The summed E-state index contributed by atoms with van der Waals surface area (Å²) in [4.78, 5) is 30.9. The minimum absolute atomic E-state index is 0. The fourth-order valence-corrected chi connectivity index (χ4v) is 10.8. The van der Waals surface area contributed by atoms with Gasteiger partial charge in [0.05, 0.1) is 6.04 Å². The summed E-state index contributed by atoms with van der Waals surface area (Å²) in [5.41, 5.74) is -0.676. The second kappa shape index (κ2) is 11.6. The second-order valence-electron chi connectivity index (χ2n) is 10.9. The van der Waals surface area contributed by atoms with Crippen molar-refractivity contribution < 1.29 is 14.3 Å². The molecule has 2 fully saturated rings. The van der Waals surface area contributed by atoms with Crippen LogP contribution in [0.1, 0.15) is 33.6 Å². The Morgan fingerprint density at radius 1 is 0.789 bits per heavy atom. The van der Waals surface area contributed by atoms with E-state index in [9.17, 15) is 9.59 Å². The van der Waals surface area contributed by atoms with Crippen molar-refractivity contribution in [3.05, 3.63) is 91.0 Å². The number of hydrogen-bond acceptors (Lipinski definition) is 3. The van der Waals surface area contributed by atoms with Gasteiger partial charge in [0.15, 0.2) is 5.66 Å². The topological polar surface area (TPSA) is 49.9 Å². The van der Waals surface area contributed by atoms with Gasteiger partial charge in [0.2, 0.25) is 0 Å². The first-order valence-electron chi connectivity index (χ1n) is 13.1. The van der Waals surface area contributed by atoms with Gasteiger partial charge >= 0.3 is 6.09 Å². The number of nitrogens with zero attached hydrogens (tertiary/aromatic N) is 2. The van der Waals surface area contributed by atoms with E-state index in [1.54, 1.807) is 4.90 Å². The highest BCUT2D eigenvalue weighted by atomic mass is 79.9. The van der Waals surface area contributed by atoms with Gasteiger partial charge in [-0.25, -0.2) is 4.79 Å². The van der Waals surface area contributed by atoms with Crippen LogP contribution in [0.5, 0.6) is 0 Å². The maximum absolute atomic E-state index is 14.4. The second-order valence-corrected chi connectivity index (χ2v) is 14.6. The number of benzene rings is 3. The van der Waals surface area contributed by atoms with E-state index in [2.05, 4.69) is 77.7 Å². The number of carbonyl (C=O) groups excluding carboxylic acids is 2. The van der Waals surface area contributed by atoms with Gasteiger partial charge < -0.3 is 14.5 Å². The summed E-state index contributed by atoms with van der Waals surface area (Å²) in [6.45, 7) is 7.50. The smallest absolute Gasteiger partial charge is 0.410 e. The summed E-state index contributed by atoms with van der Waals surface area (Å²) in [5.74, 6) is 0.209. The largest absolute Gasteiger partial charge is 0.444 e. The number of amides is 2. The molecule has 2 atom stereocenters. The molecule has 7 heteroatoms. The van der Waals surface area contributed by atoms with Gasteiger partial charge in [-0.2, -0.15) is 0 Å². The Morgan fingerprint density at radius 3 is 1.71 bits per heavy atom. The predicted molar refractivity (Wildman–Crippen MR) is 162 cm³/mol. The van der Waals surface area contributed by atoms with Crippen molar-refractivity contribution >= 4 is 52.2 Å². The number of halogens is 1. The molecule has 0 bridgehead atoms. The highest BCUT2D eigenvalue weighted by Crippen LogP contribution is 2.62. The molecular formula is C31H37BrN2O3P+. The summed E-state index contributed by atoms with van der Waals surface area (Å²) >= 11 is 0. The van der Waals surface area contributed by atoms with E-state index in [1.165, 1.54) is 15.9 Å². The number of likely N-dealkylation sites (tertiary alicyclic amines) is 2. The Bertz CT molecular complexity index is 1140. The van der Waals surface area contributed by atoms with Crippen molar-refractivity contribution in [1.82, 2.24) is 9.80 Å². The van der Waals surface area contributed by atoms with Crippen molar-refractivity contribution in [2.24, 2.45) is 0 Å². The third-order valence-electron chi connectivity index (χ3n) is 7.43. The summed E-state index contributed by atoms with van der Waals surface area (Å²) in [6, 6.07) is 31.9. The number of rotatable bonds is 5. The van der Waals surface area contributed by atoms with Crippen LogP contribution in [0.25, 0.3) is 0 Å². The highest BCUT2D eigenvalue weighted by Gasteiger charge is 2.59. The molecule has 0 aliphatic carbocycles. The fraction of sp³-hybridized carbons (Fsp3) is 0.355. The SMILES string of the molecule is Br.CC(C)(C)OC(=O)N1CC[C@H](N2CCC([P+](c3ccccc3)(c3ccccc3)c3ccccc3)C2=O)C1. The molecule has 0 saturated carbocycles. The van der Waals surface area contributed by atoms with Crippen molar-refractivity contribution in [2.45, 2.75) is 50.9 Å². The van der Waals surface area contributed by atoms with Gasteiger partial charge in [-0.1, -0.05) is 54.6 Å². The van der Waals surface area contributed by atoms with Gasteiger partial charge in [-0.15, -0.1) is 17.0 Å². The first-order valence-corrected chi connectivity index (χ1v) is 15.0. The van der Waals surface area contributed by atoms with Crippen LogP contribution in [0.4, 0.5) is 4.79 Å². The molecule has 3 aromatic rings. The molecule has 2 heterocycles. The fourth-order valence-electron chi connectivity index (χ4n) is 5.87. The lowest BCUT2D eigenvalue weighted by molar-refractivity contribution is -0.129. The maximum atomic E-state index is 14.4. The Morgan fingerprint density at radius 2 is 1.26 bits per heavy atom. The molecule has 5 rings (SSSR count). The molecule has 3 aromatic carbocycles. The molecule has 2 saturated heterocycles. The molecule has 0 radical (unpaired) electrons. The molecule has 200 valence electrons. The van der Waals surface area contributed by atoms with E-state index >= 15 is 0 Å². The molecule has 1 unspecified atom stereocenters. The molecule has 5 nitrogen and oxygen atoms in total. The molecule has 0 aromatic heterocycles. The summed E-state index contributed by atoms with van der Waals surface area (Å²) < 4.78 is 5.60. The van der Waals surface area contributed by atoms with Crippen LogP contribution >= 0.6 is 24.2 Å². The van der Waals surface area contributed by atoms with Gasteiger partial charge in [0, 0.05) is 26.1 Å². The van der Waals surface area contributed by atoms with Gasteiger partial charge in [-0.3, -0.25) is 4.79 Å². The zero-order valence-corrected chi connectivity index (χ0v) is 24.9. The molecular weight excluding hydrogens is 559 g/mol. The Kier molecular flexibility index (Phi) is 8.64. The summed E-state index contributed by atoms with van der Waals surface area (Å²) in [7, 11) is -2.29. The van der Waals surface area contributed by atoms with Crippen molar-refractivity contribution in [3.8, 4) is 0 Å². The summed E-state index contributed by atoms with van der Waals surface area (Å²) in [5, 5.41) is 3.69. The highest BCUT2D eigenvalue weighted by molar-refractivity contribution is 8.93. The van der Waals surface area contributed by atoms with Gasteiger partial charge in [-0.05, 0) is 63.6 Å². The number of ether oxygens (including phenoxy) is 1. The van der Waals surface area contributed by atoms with Crippen molar-refractivity contribution in [1.29, 1.82) is 0 Å². The van der Waals surface area contributed by atoms with Crippen LogP contribution in [0.15, 0.2) is 91.0 Å². The third kappa shape index (κ3) is 5.39. The first kappa shape index (κ1) is 28.3. The Labute approximate surface area is 237 Å². The molecule has 38 heavy (non-hydrogen) atoms. The van der Waals surface area contributed by atoms with Gasteiger partial charge in [0.25, 0.3) is 5.91 Å². The lowest BCUT2D eigenvalue weighted by Gasteiger charge is -2.32. The van der Waals surface area contributed by atoms with Crippen LogP contribution in [0.3, 0.4) is 0 Å². The monoisotopic (exact) mass is 595 g/mol. The lowest BCUT2D eigenvalue weighted by Crippen LogP contribution is -2.46. The van der Waals surface area contributed by atoms with E-state index < -0.39 is 12.9 Å². The van der Waals surface area contributed by atoms with Crippen LogP contribution in [-0.4, -0.2) is 58.7 Å². The molecule has 2 amide bonds. The molecule has 2 aliphatic rings. The minimum atomic E-state index is -2.29. The quantitative estimate of drug-likeness (QED) is 0.382. The van der Waals surface area contributed by atoms with E-state index in [-0.39, 0.29) is 40.7 Å². The van der Waals surface area contributed by atoms with E-state index in [1.807, 2.05) is 39.0 Å². The van der Waals surface area contributed by atoms with Crippen LogP contribution in [0.2, 0.25) is 0 Å². The number of hydrogen-bond donors (Lipinski definition) is 0. The molecule has 2 aliphatic heterocycles. The van der Waals surface area contributed by atoms with E-state index in [0.717, 1.165) is 12.8 Å². The Hall–Kier alpha value is -2.69. The zero-order chi connectivity index (χ0) is 26.0. The standard InChI is InChI=1S/C31H36N2O3P.BrH/c1-31(2,3)36-30(35)32-21-19-24(23-32)33-22-20-28(29(33)34)37(25-13-7-4-8-14-25,26-15-9-5-10-16-26)27-17-11-6-12-18-27;/h4-18,24,28H,19-23H2,1-3H3;1H/q+1;/t24-,28?;/m0./s1. The summed E-state index contributed by atoms with van der Waals surface area (Å²) in [6.07, 6.45) is 1.29. The average Bonchev–Trinajstić information content (AvgIpc) is 3.53. The maximum Gasteiger partial charge on any atom is 0.410 e. The van der Waals surface area contributed by atoms with E-state index in [0.29, 0.717) is 19.6 Å².